The number of nitro benzene ring substituents is 1. The molecular formula is C18H16N4O4S. The molecule has 2 aromatic carbocycles. The maximum atomic E-state index is 12.7. The minimum absolute atomic E-state index is 0.333. The molecule has 2 heterocycles. The van der Waals surface area contributed by atoms with E-state index in [-0.39, 0.29) is 4.90 Å². The van der Waals surface area contributed by atoms with Crippen molar-refractivity contribution in [2.24, 2.45) is 0 Å². The van der Waals surface area contributed by atoms with Gasteiger partial charge >= 0.3 is 0 Å². The maximum absolute atomic E-state index is 12.7. The van der Waals surface area contributed by atoms with E-state index < -0.39 is 20.6 Å². The summed E-state index contributed by atoms with van der Waals surface area (Å²) < 4.78 is 29.9. The van der Waals surface area contributed by atoms with Crippen LogP contribution in [0.5, 0.6) is 0 Å². The molecule has 138 valence electrons. The smallest absolute Gasteiger partial charge is 0.289 e. The van der Waals surface area contributed by atoms with E-state index in [2.05, 4.69) is 14.3 Å². The van der Waals surface area contributed by atoms with Gasteiger partial charge in [-0.25, -0.2) is 13.4 Å². The molecular weight excluding hydrogens is 368 g/mol. The van der Waals surface area contributed by atoms with E-state index in [1.807, 2.05) is 6.07 Å². The van der Waals surface area contributed by atoms with Crippen LogP contribution in [0.4, 0.5) is 11.4 Å². The first-order valence-corrected chi connectivity index (χ1v) is 9.85. The molecule has 0 saturated carbocycles. The van der Waals surface area contributed by atoms with Crippen LogP contribution in [-0.4, -0.2) is 22.9 Å². The van der Waals surface area contributed by atoms with E-state index in [1.54, 1.807) is 24.4 Å². The van der Waals surface area contributed by atoms with Gasteiger partial charge in [0, 0.05) is 30.3 Å². The molecule has 0 saturated heterocycles. The maximum Gasteiger partial charge on any atom is 0.289 e. The molecule has 0 amide bonds. The average molecular weight is 384 g/mol. The number of benzene rings is 2. The number of aryl methyl sites for hydroxylation is 1. The minimum Gasteiger partial charge on any atom is -0.328 e. The van der Waals surface area contributed by atoms with E-state index >= 15 is 0 Å². The molecule has 0 bridgehead atoms. The van der Waals surface area contributed by atoms with Crippen LogP contribution in [0.1, 0.15) is 12.2 Å². The number of nitrogens with zero attached hydrogens (tertiary/aromatic N) is 3. The van der Waals surface area contributed by atoms with Crippen molar-refractivity contribution in [1.29, 1.82) is 0 Å². The fourth-order valence-electron chi connectivity index (χ4n) is 3.28. The zero-order valence-corrected chi connectivity index (χ0v) is 15.0. The zero-order valence-electron chi connectivity index (χ0n) is 14.2. The van der Waals surface area contributed by atoms with Gasteiger partial charge in [-0.2, -0.15) is 0 Å². The molecule has 0 fully saturated rings. The van der Waals surface area contributed by atoms with Crippen molar-refractivity contribution in [3.05, 3.63) is 70.7 Å². The van der Waals surface area contributed by atoms with E-state index in [9.17, 15) is 18.5 Å². The van der Waals surface area contributed by atoms with Gasteiger partial charge in [-0.1, -0.05) is 24.3 Å². The quantitative estimate of drug-likeness (QED) is 0.537. The van der Waals surface area contributed by atoms with E-state index in [4.69, 9.17) is 0 Å². The van der Waals surface area contributed by atoms with Crippen molar-refractivity contribution in [1.82, 2.24) is 9.55 Å². The molecule has 0 spiro atoms. The summed E-state index contributed by atoms with van der Waals surface area (Å²) in [6.07, 6.45) is 3.76. The number of nitro groups is 1. The van der Waals surface area contributed by atoms with Crippen LogP contribution >= 0.6 is 0 Å². The lowest BCUT2D eigenvalue weighted by Gasteiger charge is -2.10. The van der Waals surface area contributed by atoms with Gasteiger partial charge in [0.25, 0.3) is 15.7 Å². The Balaban J connectivity index is 1.68. The highest BCUT2D eigenvalue weighted by Crippen LogP contribution is 2.29. The van der Waals surface area contributed by atoms with E-state index in [0.717, 1.165) is 36.5 Å². The number of aromatic nitrogens is 2. The molecule has 3 aromatic rings. The van der Waals surface area contributed by atoms with Crippen LogP contribution in [0, 0.1) is 10.1 Å². The molecule has 1 aromatic heterocycles. The van der Waals surface area contributed by atoms with Crippen molar-refractivity contribution in [2.75, 3.05) is 4.72 Å². The second kappa shape index (κ2) is 6.51. The van der Waals surface area contributed by atoms with Crippen LogP contribution in [0.3, 0.4) is 0 Å². The number of imidazole rings is 1. The summed E-state index contributed by atoms with van der Waals surface area (Å²) in [5.41, 5.74) is 1.63. The Hall–Kier alpha value is -3.20. The molecule has 4 rings (SSSR count). The molecule has 9 heteroatoms. The summed E-state index contributed by atoms with van der Waals surface area (Å²) in [6.45, 7) is 0.886. The molecule has 0 radical (unpaired) electrons. The first-order valence-electron chi connectivity index (χ1n) is 8.37. The Morgan fingerprint density at radius 1 is 1.15 bits per heavy atom. The summed E-state index contributed by atoms with van der Waals surface area (Å²) >= 11 is 0. The van der Waals surface area contributed by atoms with Crippen molar-refractivity contribution in [3.63, 3.8) is 0 Å². The number of hydrogen-bond donors (Lipinski definition) is 1. The Bertz CT molecular complexity index is 1140. The summed E-state index contributed by atoms with van der Waals surface area (Å²) in [4.78, 5) is 14.5. The van der Waals surface area contributed by atoms with Crippen molar-refractivity contribution < 1.29 is 13.3 Å². The summed E-state index contributed by atoms with van der Waals surface area (Å²) in [5, 5.41) is 11.1. The number of nitrogens with one attached hydrogen (secondary N) is 1. The Morgan fingerprint density at radius 2 is 1.96 bits per heavy atom. The van der Waals surface area contributed by atoms with Crippen LogP contribution in [0.15, 0.2) is 59.6 Å². The van der Waals surface area contributed by atoms with Gasteiger partial charge in [0.2, 0.25) is 0 Å². The van der Waals surface area contributed by atoms with Crippen molar-refractivity contribution in [3.8, 4) is 11.3 Å². The third-order valence-electron chi connectivity index (χ3n) is 4.48. The SMILES string of the molecule is O=[N+]([O-])c1ccccc1S(=O)(=O)Nc1cccc(-c2cnc3n2CCC3)c1. The van der Waals surface area contributed by atoms with Gasteiger partial charge in [0.15, 0.2) is 4.90 Å². The summed E-state index contributed by atoms with van der Waals surface area (Å²) in [5.74, 6) is 1.02. The molecule has 0 atom stereocenters. The van der Waals surface area contributed by atoms with Gasteiger partial charge in [-0.3, -0.25) is 14.8 Å². The largest absolute Gasteiger partial charge is 0.328 e. The van der Waals surface area contributed by atoms with Gasteiger partial charge in [-0.05, 0) is 24.6 Å². The van der Waals surface area contributed by atoms with E-state index in [0.29, 0.717) is 5.69 Å². The molecule has 0 unspecified atom stereocenters. The number of anilines is 1. The number of sulfonamides is 1. The highest BCUT2D eigenvalue weighted by Gasteiger charge is 2.25. The molecule has 27 heavy (non-hydrogen) atoms. The summed E-state index contributed by atoms with van der Waals surface area (Å²) in [7, 11) is -4.10. The van der Waals surface area contributed by atoms with Crippen molar-refractivity contribution in [2.45, 2.75) is 24.3 Å². The fraction of sp³-hybridized carbons (Fsp3) is 0.167. The minimum atomic E-state index is -4.10. The molecule has 1 N–H and O–H groups in total. The zero-order chi connectivity index (χ0) is 19.0. The predicted molar refractivity (Wildman–Crippen MR) is 99.9 cm³/mol. The molecule has 1 aliphatic rings. The van der Waals surface area contributed by atoms with Crippen LogP contribution < -0.4 is 4.72 Å². The molecule has 1 aliphatic heterocycles. The number of hydrogen-bond acceptors (Lipinski definition) is 5. The Kier molecular flexibility index (Phi) is 4.15. The van der Waals surface area contributed by atoms with Gasteiger partial charge in [0.05, 0.1) is 16.8 Å². The normalized spacial score (nSPS) is 13.3. The lowest BCUT2D eigenvalue weighted by Crippen LogP contribution is -2.14. The van der Waals surface area contributed by atoms with Gasteiger partial charge in [-0.15, -0.1) is 0 Å². The third-order valence-corrected chi connectivity index (χ3v) is 5.91. The van der Waals surface area contributed by atoms with E-state index in [1.165, 1.54) is 24.3 Å². The average Bonchev–Trinajstić information content (AvgIpc) is 3.25. The Labute approximate surface area is 155 Å². The first kappa shape index (κ1) is 17.2. The second-order valence-corrected chi connectivity index (χ2v) is 7.88. The number of rotatable bonds is 5. The van der Waals surface area contributed by atoms with Crippen molar-refractivity contribution >= 4 is 21.4 Å². The second-order valence-electron chi connectivity index (χ2n) is 6.23. The predicted octanol–water partition coefficient (Wildman–Crippen LogP) is 3.21. The fourth-order valence-corrected chi connectivity index (χ4v) is 4.50. The molecule has 8 nitrogen and oxygen atoms in total. The van der Waals surface area contributed by atoms with Gasteiger partial charge in [0.1, 0.15) is 5.82 Å². The first-order chi connectivity index (χ1) is 13.0. The number of para-hydroxylation sites is 1. The summed E-state index contributed by atoms with van der Waals surface area (Å²) in [6, 6.07) is 12.2. The Morgan fingerprint density at radius 3 is 2.78 bits per heavy atom. The monoisotopic (exact) mass is 384 g/mol. The number of fused-ring (bicyclic) bond motifs is 1. The topological polar surface area (TPSA) is 107 Å². The van der Waals surface area contributed by atoms with Gasteiger partial charge < -0.3 is 4.57 Å². The lowest BCUT2D eigenvalue weighted by atomic mass is 10.1. The van der Waals surface area contributed by atoms with Crippen LogP contribution in [0.25, 0.3) is 11.3 Å². The van der Waals surface area contributed by atoms with Crippen LogP contribution in [0.2, 0.25) is 0 Å². The molecule has 0 aliphatic carbocycles. The third kappa shape index (κ3) is 3.17. The highest BCUT2D eigenvalue weighted by atomic mass is 32.2. The standard InChI is InChI=1S/C18H16N4O4S/c23-22(24)15-7-1-2-8-17(15)27(25,26)20-14-6-3-5-13(11-14)16-12-19-18-9-4-10-21(16)18/h1-3,5-8,11-12,20H,4,9-10H2. The highest BCUT2D eigenvalue weighted by molar-refractivity contribution is 7.92. The lowest BCUT2D eigenvalue weighted by molar-refractivity contribution is -0.387. The van der Waals surface area contributed by atoms with Crippen LogP contribution in [-0.2, 0) is 23.0 Å².